The number of aliphatic hydroxyl groups is 1. The number of nitrogens with one attached hydrogen (secondary N) is 1. The van der Waals surface area contributed by atoms with Crippen molar-refractivity contribution in [3.05, 3.63) is 65.7 Å². The number of carbonyl (C=O) groups is 2. The van der Waals surface area contributed by atoms with E-state index >= 15 is 0 Å². The molecule has 0 unspecified atom stereocenters. The second-order valence-corrected chi connectivity index (χ2v) is 4.98. The number of esters is 1. The van der Waals surface area contributed by atoms with Crippen LogP contribution in [0.5, 0.6) is 5.75 Å². The number of hydrogen-bond acceptors (Lipinski definition) is 6. The van der Waals surface area contributed by atoms with E-state index in [9.17, 15) is 14.7 Å². The normalized spacial score (nSPS) is 11.8. The molecular formula is C18H18N2O5. The van der Waals surface area contributed by atoms with Crippen LogP contribution in [0.3, 0.4) is 0 Å². The largest absolute Gasteiger partial charge is 0.482 e. The number of aliphatic hydroxyl groups excluding tert-OH is 1. The molecule has 130 valence electrons. The topological polar surface area (TPSA) is 97.2 Å². The van der Waals surface area contributed by atoms with Crippen LogP contribution < -0.4 is 10.2 Å². The second kappa shape index (κ2) is 9.19. The molecule has 0 aliphatic carbocycles. The Balaban J connectivity index is 1.85. The zero-order chi connectivity index (χ0) is 18.1. The summed E-state index contributed by atoms with van der Waals surface area (Å²) >= 11 is 0. The van der Waals surface area contributed by atoms with Crippen molar-refractivity contribution >= 4 is 18.1 Å². The van der Waals surface area contributed by atoms with Gasteiger partial charge in [-0.3, -0.25) is 4.79 Å². The molecule has 25 heavy (non-hydrogen) atoms. The lowest BCUT2D eigenvalue weighted by Gasteiger charge is -2.08. The third-order valence-electron chi connectivity index (χ3n) is 3.22. The number of amides is 1. The summed E-state index contributed by atoms with van der Waals surface area (Å²) in [4.78, 5) is 22.8. The van der Waals surface area contributed by atoms with Crippen LogP contribution in [0, 0.1) is 0 Å². The van der Waals surface area contributed by atoms with Crippen molar-refractivity contribution in [2.45, 2.75) is 6.10 Å². The Labute approximate surface area is 144 Å². The summed E-state index contributed by atoms with van der Waals surface area (Å²) in [5.74, 6) is -0.586. The molecule has 1 atom stereocenters. The lowest BCUT2D eigenvalue weighted by atomic mass is 10.1. The summed E-state index contributed by atoms with van der Waals surface area (Å²) in [5, 5.41) is 13.7. The Morgan fingerprint density at radius 3 is 2.48 bits per heavy atom. The Kier molecular flexibility index (Phi) is 6.67. The quantitative estimate of drug-likeness (QED) is 0.451. The van der Waals surface area contributed by atoms with Gasteiger partial charge >= 0.3 is 5.97 Å². The van der Waals surface area contributed by atoms with Gasteiger partial charge in [0.1, 0.15) is 5.75 Å². The molecule has 2 aromatic rings. The third-order valence-corrected chi connectivity index (χ3v) is 3.22. The van der Waals surface area contributed by atoms with Gasteiger partial charge in [0.05, 0.1) is 13.3 Å². The van der Waals surface area contributed by atoms with E-state index < -0.39 is 18.0 Å². The summed E-state index contributed by atoms with van der Waals surface area (Å²) in [5.41, 5.74) is 3.48. The van der Waals surface area contributed by atoms with Gasteiger partial charge in [-0.05, 0) is 35.4 Å². The number of rotatable bonds is 7. The Morgan fingerprint density at radius 2 is 1.84 bits per heavy atom. The molecule has 0 radical (unpaired) electrons. The van der Waals surface area contributed by atoms with Gasteiger partial charge in [0.15, 0.2) is 12.7 Å². The number of ether oxygens (including phenoxy) is 2. The highest BCUT2D eigenvalue weighted by Crippen LogP contribution is 2.12. The average Bonchev–Trinajstić information content (AvgIpc) is 2.67. The van der Waals surface area contributed by atoms with Crippen LogP contribution in [0.15, 0.2) is 59.7 Å². The fourth-order valence-electron chi connectivity index (χ4n) is 1.87. The standard InChI is InChI=1S/C18H18N2O5/c1-24-16(21)12-25-15-9-7-13(8-10-15)11-19-20-18(23)17(22)14-5-3-2-4-6-14/h2-11,17,22H,12H2,1H3,(H,20,23)/b19-11-/t17-/m0/s1. The van der Waals surface area contributed by atoms with Crippen molar-refractivity contribution in [3.63, 3.8) is 0 Å². The van der Waals surface area contributed by atoms with E-state index in [4.69, 9.17) is 4.74 Å². The molecule has 0 fully saturated rings. The van der Waals surface area contributed by atoms with E-state index in [1.54, 1.807) is 54.6 Å². The molecule has 2 N–H and O–H groups in total. The SMILES string of the molecule is COC(=O)COc1ccc(/C=N\NC(=O)[C@@H](O)c2ccccc2)cc1. The van der Waals surface area contributed by atoms with Gasteiger partial charge in [-0.15, -0.1) is 0 Å². The highest BCUT2D eigenvalue weighted by Gasteiger charge is 2.15. The molecule has 0 aliphatic rings. The van der Waals surface area contributed by atoms with Crippen LogP contribution in [0.1, 0.15) is 17.2 Å². The third kappa shape index (κ3) is 5.74. The van der Waals surface area contributed by atoms with Crippen LogP contribution in [-0.2, 0) is 14.3 Å². The first kappa shape index (κ1) is 18.2. The maximum absolute atomic E-state index is 11.8. The smallest absolute Gasteiger partial charge is 0.343 e. The molecule has 0 heterocycles. The zero-order valence-electron chi connectivity index (χ0n) is 13.6. The number of nitrogens with zero attached hydrogens (tertiary/aromatic N) is 1. The van der Waals surface area contributed by atoms with Gasteiger partial charge in [0, 0.05) is 0 Å². The second-order valence-electron chi connectivity index (χ2n) is 4.98. The summed E-state index contributed by atoms with van der Waals surface area (Å²) in [7, 11) is 1.29. The number of hydrogen-bond donors (Lipinski definition) is 2. The molecule has 7 nitrogen and oxygen atoms in total. The van der Waals surface area contributed by atoms with Gasteiger partial charge in [-0.1, -0.05) is 30.3 Å². The highest BCUT2D eigenvalue weighted by molar-refractivity contribution is 5.85. The minimum atomic E-state index is -1.28. The first-order valence-corrected chi connectivity index (χ1v) is 7.46. The molecule has 0 saturated carbocycles. The number of hydrazone groups is 1. The minimum absolute atomic E-state index is 0.169. The van der Waals surface area contributed by atoms with Crippen molar-refractivity contribution in [1.82, 2.24) is 5.43 Å². The van der Waals surface area contributed by atoms with Crippen molar-refractivity contribution in [3.8, 4) is 5.75 Å². The van der Waals surface area contributed by atoms with Crippen LogP contribution in [-0.4, -0.2) is 36.9 Å². The molecule has 2 aromatic carbocycles. The summed E-state index contributed by atoms with van der Waals surface area (Å²) in [6.45, 7) is -0.169. The minimum Gasteiger partial charge on any atom is -0.482 e. The predicted molar refractivity (Wildman–Crippen MR) is 91.1 cm³/mol. The predicted octanol–water partition coefficient (Wildman–Crippen LogP) is 1.42. The van der Waals surface area contributed by atoms with Gasteiger partial charge in [0.25, 0.3) is 5.91 Å². The Hall–Kier alpha value is -3.19. The van der Waals surface area contributed by atoms with Crippen molar-refractivity contribution in [1.29, 1.82) is 0 Å². The molecule has 0 saturated heterocycles. The number of benzene rings is 2. The molecule has 0 aliphatic heterocycles. The molecule has 2 rings (SSSR count). The molecule has 0 aromatic heterocycles. The fourth-order valence-corrected chi connectivity index (χ4v) is 1.87. The van der Waals surface area contributed by atoms with E-state index in [0.717, 1.165) is 0 Å². The van der Waals surface area contributed by atoms with E-state index in [0.29, 0.717) is 16.9 Å². The van der Waals surface area contributed by atoms with E-state index in [1.807, 2.05) is 0 Å². The van der Waals surface area contributed by atoms with Crippen LogP contribution in [0.4, 0.5) is 0 Å². The van der Waals surface area contributed by atoms with Gasteiger partial charge in [0.2, 0.25) is 0 Å². The molecular weight excluding hydrogens is 324 g/mol. The highest BCUT2D eigenvalue weighted by atomic mass is 16.6. The van der Waals surface area contributed by atoms with E-state index in [2.05, 4.69) is 15.3 Å². The molecule has 7 heteroatoms. The Bertz CT molecular complexity index is 729. The summed E-state index contributed by atoms with van der Waals surface area (Å²) in [6.07, 6.45) is 0.145. The van der Waals surface area contributed by atoms with Crippen LogP contribution in [0.25, 0.3) is 0 Å². The Morgan fingerprint density at radius 1 is 1.16 bits per heavy atom. The number of carbonyl (C=O) groups excluding carboxylic acids is 2. The van der Waals surface area contributed by atoms with Gasteiger partial charge < -0.3 is 14.6 Å². The van der Waals surface area contributed by atoms with Crippen LogP contribution >= 0.6 is 0 Å². The van der Waals surface area contributed by atoms with E-state index in [1.165, 1.54) is 13.3 Å². The zero-order valence-corrected chi connectivity index (χ0v) is 13.6. The maximum atomic E-state index is 11.8. The van der Waals surface area contributed by atoms with E-state index in [-0.39, 0.29) is 6.61 Å². The summed E-state index contributed by atoms with van der Waals surface area (Å²) in [6, 6.07) is 15.3. The maximum Gasteiger partial charge on any atom is 0.343 e. The fraction of sp³-hybridized carbons (Fsp3) is 0.167. The monoisotopic (exact) mass is 342 g/mol. The van der Waals surface area contributed by atoms with Crippen molar-refractivity contribution in [2.24, 2.45) is 5.10 Å². The first-order chi connectivity index (χ1) is 12.1. The molecule has 0 spiro atoms. The van der Waals surface area contributed by atoms with Gasteiger partial charge in [-0.2, -0.15) is 5.10 Å². The molecule has 1 amide bonds. The van der Waals surface area contributed by atoms with Crippen molar-refractivity contribution < 1.29 is 24.2 Å². The first-order valence-electron chi connectivity index (χ1n) is 7.46. The number of methoxy groups -OCH3 is 1. The summed E-state index contributed by atoms with van der Waals surface area (Å²) < 4.78 is 9.69. The van der Waals surface area contributed by atoms with Gasteiger partial charge in [-0.25, -0.2) is 10.2 Å². The lowest BCUT2D eigenvalue weighted by molar-refractivity contribution is -0.142. The van der Waals surface area contributed by atoms with Crippen molar-refractivity contribution in [2.75, 3.05) is 13.7 Å². The van der Waals surface area contributed by atoms with Crippen LogP contribution in [0.2, 0.25) is 0 Å². The molecule has 0 bridgehead atoms. The average molecular weight is 342 g/mol. The lowest BCUT2D eigenvalue weighted by Crippen LogP contribution is -2.25.